The molecule has 0 aromatic heterocycles. The van der Waals surface area contributed by atoms with E-state index in [9.17, 15) is 0 Å². The van der Waals surface area contributed by atoms with Crippen LogP contribution in [0, 0.1) is 0 Å². The molecule has 78 valence electrons. The molecule has 2 nitrogen and oxygen atoms in total. The molecular formula is C9H24O2W. The van der Waals surface area contributed by atoms with Crippen LogP contribution < -0.4 is 0 Å². The number of rotatable bonds is 1. The fourth-order valence-corrected chi connectivity index (χ4v) is 0. The average molecular weight is 348 g/mol. The van der Waals surface area contributed by atoms with Gasteiger partial charge in [0, 0.05) is 34.8 Å². The van der Waals surface area contributed by atoms with E-state index in [0.717, 1.165) is 12.9 Å². The molecule has 0 saturated heterocycles. The molecule has 3 heteroatoms. The van der Waals surface area contributed by atoms with Gasteiger partial charge in [0.25, 0.3) is 0 Å². The van der Waals surface area contributed by atoms with Gasteiger partial charge in [-0.2, -0.15) is 0 Å². The van der Waals surface area contributed by atoms with Crippen LogP contribution in [-0.2, 0) is 30.6 Å². The van der Waals surface area contributed by atoms with Crippen LogP contribution in [0.2, 0.25) is 0 Å². The first kappa shape index (κ1) is 29.5. The molecule has 0 aromatic rings. The van der Waals surface area contributed by atoms with E-state index in [4.69, 9.17) is 4.79 Å². The maximum atomic E-state index is 8.81. The third kappa shape index (κ3) is 516. The number of aldehydes is 1. The molecule has 0 unspecified atom stereocenters. The Balaban J connectivity index is -0.0000000186. The summed E-state index contributed by atoms with van der Waals surface area (Å²) in [6.45, 7) is 12.2. The second kappa shape index (κ2) is 109. The first-order chi connectivity index (χ1) is 5.33. The van der Waals surface area contributed by atoms with Crippen LogP contribution in [0.4, 0.5) is 0 Å². The van der Waals surface area contributed by atoms with Gasteiger partial charge in [-0.3, -0.25) is 0 Å². The van der Waals surface area contributed by atoms with Crippen molar-refractivity contribution in [3.05, 3.63) is 0 Å². The van der Waals surface area contributed by atoms with Crippen molar-refractivity contribution in [1.29, 1.82) is 0 Å². The summed E-state index contributed by atoms with van der Waals surface area (Å²) >= 11 is 0. The van der Waals surface area contributed by atoms with Gasteiger partial charge in [-0.1, -0.05) is 27.7 Å². The van der Waals surface area contributed by atoms with Gasteiger partial charge in [-0.25, -0.2) is 0 Å². The van der Waals surface area contributed by atoms with E-state index in [2.05, 4.69) is 4.74 Å². The Bertz CT molecular complexity index is 31.7. The number of methoxy groups -OCH3 is 1. The van der Waals surface area contributed by atoms with Gasteiger partial charge in [0.05, 0.1) is 0 Å². The molecular weight excluding hydrogens is 324 g/mol. The van der Waals surface area contributed by atoms with Crippen molar-refractivity contribution < 1.29 is 30.6 Å². The Kier molecular flexibility index (Phi) is 269. The van der Waals surface area contributed by atoms with Gasteiger partial charge in [-0.05, 0) is 13.8 Å². The van der Waals surface area contributed by atoms with Crippen molar-refractivity contribution in [1.82, 2.24) is 0 Å². The summed E-state index contributed by atoms with van der Waals surface area (Å²) in [6.07, 6.45) is 0.750. The minimum atomic E-state index is 0. The van der Waals surface area contributed by atoms with Crippen molar-refractivity contribution in [2.75, 3.05) is 13.7 Å². The van der Waals surface area contributed by atoms with Crippen molar-refractivity contribution in [3.63, 3.8) is 0 Å². The normalized spacial score (nSPS) is 4.58. The van der Waals surface area contributed by atoms with E-state index in [1.807, 2.05) is 34.6 Å². The second-order valence-corrected chi connectivity index (χ2v) is 0.813. The van der Waals surface area contributed by atoms with Gasteiger partial charge in [0.2, 0.25) is 0 Å². The monoisotopic (exact) mass is 348 g/mol. The van der Waals surface area contributed by atoms with Crippen LogP contribution in [0.25, 0.3) is 0 Å². The predicted molar refractivity (Wildman–Crippen MR) is 52.0 cm³/mol. The third-order valence-corrected chi connectivity index (χ3v) is 0.289. The van der Waals surface area contributed by atoms with Gasteiger partial charge in [0.1, 0.15) is 6.29 Å². The van der Waals surface area contributed by atoms with Crippen molar-refractivity contribution >= 4 is 6.29 Å². The minimum Gasteiger partial charge on any atom is -0.385 e. The Morgan fingerprint density at radius 1 is 1.17 bits per heavy atom. The third-order valence-electron chi connectivity index (χ3n) is 0.289. The number of carbonyl (C=O) groups excluding carboxylic acids is 1. The fourth-order valence-electron chi connectivity index (χ4n) is 0. The van der Waals surface area contributed by atoms with Crippen LogP contribution in [0.5, 0.6) is 0 Å². The van der Waals surface area contributed by atoms with Crippen LogP contribution in [0.1, 0.15) is 41.5 Å². The molecule has 12 heavy (non-hydrogen) atoms. The quantitative estimate of drug-likeness (QED) is 0.682. The molecule has 0 radical (unpaired) electrons. The van der Waals surface area contributed by atoms with Crippen LogP contribution in [0.15, 0.2) is 0 Å². The van der Waals surface area contributed by atoms with Crippen LogP contribution >= 0.6 is 0 Å². The van der Waals surface area contributed by atoms with Gasteiger partial charge < -0.3 is 9.53 Å². The van der Waals surface area contributed by atoms with Crippen molar-refractivity contribution in [2.24, 2.45) is 0 Å². The molecule has 0 heterocycles. The number of carbonyl (C=O) groups is 1. The summed E-state index contributed by atoms with van der Waals surface area (Å²) in [6, 6.07) is 0. The molecule has 0 aliphatic rings. The molecule has 0 atom stereocenters. The molecule has 0 bridgehead atoms. The van der Waals surface area contributed by atoms with E-state index in [0.29, 0.717) is 0 Å². The van der Waals surface area contributed by atoms with Crippen molar-refractivity contribution in [3.8, 4) is 0 Å². The summed E-state index contributed by atoms with van der Waals surface area (Å²) in [5.74, 6) is 0. The zero-order valence-corrected chi connectivity index (χ0v) is 12.4. The number of ether oxygens (including phenoxy) is 1. The van der Waals surface area contributed by atoms with E-state index in [1.54, 1.807) is 7.11 Å². The molecule has 0 aromatic carbocycles. The molecule has 0 aliphatic heterocycles. The molecule has 0 aliphatic carbocycles. The molecule has 0 amide bonds. The van der Waals surface area contributed by atoms with Crippen LogP contribution in [0.3, 0.4) is 0 Å². The second-order valence-electron chi connectivity index (χ2n) is 0.813. The Morgan fingerprint density at radius 2 is 1.25 bits per heavy atom. The van der Waals surface area contributed by atoms with E-state index >= 15 is 0 Å². The van der Waals surface area contributed by atoms with E-state index in [1.165, 1.54) is 6.92 Å². The Hall–Kier alpha value is 0.318. The van der Waals surface area contributed by atoms with Gasteiger partial charge >= 0.3 is 0 Å². The molecule has 0 fully saturated rings. The molecule has 0 N–H and O–H groups in total. The maximum Gasteiger partial charge on any atom is 0.116 e. The Labute approximate surface area is 92.3 Å². The average Bonchev–Trinajstić information content (AvgIpc) is 2.12. The molecule has 0 spiro atoms. The zero-order chi connectivity index (χ0) is 10.1. The van der Waals surface area contributed by atoms with Gasteiger partial charge in [0.15, 0.2) is 0 Å². The standard InChI is InChI=1S/C3H8O.C2H4O.2C2H6.W/c1-3-4-2;1-2-3;2*1-2;/h3H2,1-2H3;2H,1H3;2*1-2H3;. The van der Waals surface area contributed by atoms with E-state index < -0.39 is 0 Å². The topological polar surface area (TPSA) is 26.3 Å². The largest absolute Gasteiger partial charge is 0.385 e. The SMILES string of the molecule is CC.CC.CC=O.CCOC.[W]. The summed E-state index contributed by atoms with van der Waals surface area (Å²) in [4.78, 5) is 8.81. The zero-order valence-electron chi connectivity index (χ0n) is 9.51. The number of hydrogen-bond donors (Lipinski definition) is 0. The fraction of sp³-hybridized carbons (Fsp3) is 0.889. The first-order valence-corrected chi connectivity index (χ1v) is 4.22. The molecule has 0 rings (SSSR count). The number of hydrogen-bond acceptors (Lipinski definition) is 2. The summed E-state index contributed by atoms with van der Waals surface area (Å²) < 4.78 is 4.54. The van der Waals surface area contributed by atoms with Crippen LogP contribution in [-0.4, -0.2) is 20.0 Å². The summed E-state index contributed by atoms with van der Waals surface area (Å²) in [7, 11) is 1.68. The maximum absolute atomic E-state index is 8.81. The van der Waals surface area contributed by atoms with Crippen molar-refractivity contribution in [2.45, 2.75) is 41.5 Å². The summed E-state index contributed by atoms with van der Waals surface area (Å²) in [5.41, 5.74) is 0. The van der Waals surface area contributed by atoms with Gasteiger partial charge in [-0.15, -0.1) is 0 Å². The summed E-state index contributed by atoms with van der Waals surface area (Å²) in [5, 5.41) is 0. The first-order valence-electron chi connectivity index (χ1n) is 4.22. The molecule has 0 saturated carbocycles. The predicted octanol–water partition coefficient (Wildman–Crippen LogP) is 2.91. The Morgan fingerprint density at radius 3 is 1.25 bits per heavy atom. The smallest absolute Gasteiger partial charge is 0.116 e. The van der Waals surface area contributed by atoms with E-state index in [-0.39, 0.29) is 21.1 Å². The minimum absolute atomic E-state index is 0.